The van der Waals surface area contributed by atoms with E-state index >= 15 is 0 Å². The van der Waals surface area contributed by atoms with Crippen molar-refractivity contribution in [2.75, 3.05) is 11.6 Å². The van der Waals surface area contributed by atoms with Gasteiger partial charge in [-0.05, 0) is 43.0 Å². The van der Waals surface area contributed by atoms with Gasteiger partial charge < -0.3 is 10.3 Å². The van der Waals surface area contributed by atoms with Gasteiger partial charge in [-0.1, -0.05) is 36.0 Å². The van der Waals surface area contributed by atoms with Crippen LogP contribution in [0.1, 0.15) is 6.92 Å². The number of aromatic nitrogens is 2. The first-order valence-electron chi connectivity index (χ1n) is 9.34. The SMILES string of the molecule is CSc1ccccc1NC(=O)C(C)Sc1nc2scc(-c3ccc(F)cc3)c2c(=O)[nH]1. The molecular weight excluding hydrogens is 453 g/mol. The highest BCUT2D eigenvalue weighted by molar-refractivity contribution is 8.00. The van der Waals surface area contributed by atoms with Crippen LogP contribution in [0, 0.1) is 5.82 Å². The number of fused-ring (bicyclic) bond motifs is 1. The van der Waals surface area contributed by atoms with Gasteiger partial charge in [0, 0.05) is 15.8 Å². The van der Waals surface area contributed by atoms with E-state index in [2.05, 4.69) is 15.3 Å². The Morgan fingerprint density at radius 2 is 1.94 bits per heavy atom. The lowest BCUT2D eigenvalue weighted by Crippen LogP contribution is -2.23. The number of halogens is 1. The zero-order valence-electron chi connectivity index (χ0n) is 16.6. The Morgan fingerprint density at radius 3 is 2.68 bits per heavy atom. The normalized spacial score (nSPS) is 12.1. The zero-order valence-corrected chi connectivity index (χ0v) is 19.1. The molecule has 2 N–H and O–H groups in total. The Labute approximate surface area is 190 Å². The Morgan fingerprint density at radius 1 is 1.19 bits per heavy atom. The number of H-pyrrole nitrogens is 1. The molecule has 0 saturated heterocycles. The minimum atomic E-state index is -0.466. The molecule has 0 aliphatic heterocycles. The molecule has 0 radical (unpaired) electrons. The predicted molar refractivity (Wildman–Crippen MR) is 128 cm³/mol. The maximum absolute atomic E-state index is 13.2. The Hall–Kier alpha value is -2.62. The molecule has 1 amide bonds. The van der Waals surface area contributed by atoms with Crippen LogP contribution in [0.5, 0.6) is 0 Å². The Balaban J connectivity index is 1.55. The molecule has 0 aliphatic rings. The van der Waals surface area contributed by atoms with Gasteiger partial charge in [0.1, 0.15) is 10.6 Å². The molecule has 4 aromatic rings. The van der Waals surface area contributed by atoms with E-state index in [1.807, 2.05) is 35.9 Å². The molecule has 9 heteroatoms. The van der Waals surface area contributed by atoms with Crippen LogP contribution in [0.15, 0.2) is 68.8 Å². The van der Waals surface area contributed by atoms with Gasteiger partial charge >= 0.3 is 0 Å². The van der Waals surface area contributed by atoms with Crippen molar-refractivity contribution in [1.29, 1.82) is 0 Å². The molecule has 2 aromatic heterocycles. The van der Waals surface area contributed by atoms with Crippen molar-refractivity contribution < 1.29 is 9.18 Å². The van der Waals surface area contributed by atoms with E-state index in [0.29, 0.717) is 20.9 Å². The lowest BCUT2D eigenvalue weighted by atomic mass is 10.1. The lowest BCUT2D eigenvalue weighted by molar-refractivity contribution is -0.115. The topological polar surface area (TPSA) is 74.8 Å². The number of thioether (sulfide) groups is 2. The van der Waals surface area contributed by atoms with Gasteiger partial charge in [0.2, 0.25) is 5.91 Å². The molecule has 1 unspecified atom stereocenters. The van der Waals surface area contributed by atoms with E-state index in [-0.39, 0.29) is 17.3 Å². The zero-order chi connectivity index (χ0) is 22.0. The molecule has 4 rings (SSSR count). The summed E-state index contributed by atoms with van der Waals surface area (Å²) in [5.74, 6) is -0.506. The molecule has 2 aromatic carbocycles. The van der Waals surface area contributed by atoms with Crippen LogP contribution in [0.3, 0.4) is 0 Å². The molecule has 1 atom stereocenters. The average molecular weight is 472 g/mol. The van der Waals surface area contributed by atoms with E-state index in [9.17, 15) is 14.0 Å². The van der Waals surface area contributed by atoms with Crippen LogP contribution in [-0.2, 0) is 4.79 Å². The van der Waals surface area contributed by atoms with Crippen molar-refractivity contribution in [2.24, 2.45) is 0 Å². The summed E-state index contributed by atoms with van der Waals surface area (Å²) in [6.07, 6.45) is 1.95. The van der Waals surface area contributed by atoms with Gasteiger partial charge in [-0.25, -0.2) is 9.37 Å². The van der Waals surface area contributed by atoms with Crippen LogP contribution in [0.4, 0.5) is 10.1 Å². The minimum Gasteiger partial charge on any atom is -0.324 e. The number of benzene rings is 2. The van der Waals surface area contributed by atoms with E-state index in [4.69, 9.17) is 0 Å². The van der Waals surface area contributed by atoms with Crippen molar-refractivity contribution in [3.8, 4) is 11.1 Å². The molecule has 2 heterocycles. The van der Waals surface area contributed by atoms with Crippen LogP contribution >= 0.6 is 34.9 Å². The summed E-state index contributed by atoms with van der Waals surface area (Å²) < 4.78 is 13.2. The van der Waals surface area contributed by atoms with E-state index in [0.717, 1.165) is 16.1 Å². The van der Waals surface area contributed by atoms with Gasteiger partial charge in [0.05, 0.1) is 16.3 Å². The number of rotatable bonds is 6. The third-order valence-corrected chi connectivity index (χ3v) is 7.25. The molecular formula is C22H18FN3O2S3. The fourth-order valence-electron chi connectivity index (χ4n) is 3.03. The van der Waals surface area contributed by atoms with Crippen molar-refractivity contribution in [3.05, 3.63) is 70.1 Å². The maximum Gasteiger partial charge on any atom is 0.260 e. The minimum absolute atomic E-state index is 0.174. The van der Waals surface area contributed by atoms with Gasteiger partial charge in [0.15, 0.2) is 5.16 Å². The number of nitrogens with one attached hydrogen (secondary N) is 2. The summed E-state index contributed by atoms with van der Waals surface area (Å²) in [6, 6.07) is 13.6. The monoisotopic (exact) mass is 471 g/mol. The molecule has 158 valence electrons. The number of hydrogen-bond acceptors (Lipinski definition) is 6. The first-order chi connectivity index (χ1) is 15.0. The average Bonchev–Trinajstić information content (AvgIpc) is 3.19. The van der Waals surface area contributed by atoms with Gasteiger partial charge in [-0.15, -0.1) is 23.1 Å². The summed E-state index contributed by atoms with van der Waals surface area (Å²) >= 11 is 4.09. The molecule has 0 bridgehead atoms. The molecule has 0 spiro atoms. The number of amides is 1. The van der Waals surface area contributed by atoms with Crippen molar-refractivity contribution >= 4 is 56.7 Å². The second kappa shape index (κ2) is 9.25. The van der Waals surface area contributed by atoms with Crippen molar-refractivity contribution in [2.45, 2.75) is 22.2 Å². The predicted octanol–water partition coefficient (Wildman–Crippen LogP) is 5.63. The van der Waals surface area contributed by atoms with Crippen LogP contribution < -0.4 is 10.9 Å². The number of aromatic amines is 1. The number of carbonyl (C=O) groups is 1. The third kappa shape index (κ3) is 4.68. The van der Waals surface area contributed by atoms with Crippen LogP contribution in [0.25, 0.3) is 21.3 Å². The Kier molecular flexibility index (Phi) is 6.45. The van der Waals surface area contributed by atoms with E-state index in [1.54, 1.807) is 30.8 Å². The van der Waals surface area contributed by atoms with E-state index < -0.39 is 5.25 Å². The Bertz CT molecular complexity index is 1300. The van der Waals surface area contributed by atoms with Crippen molar-refractivity contribution in [1.82, 2.24) is 9.97 Å². The first-order valence-corrected chi connectivity index (χ1v) is 12.3. The fourth-order valence-corrected chi connectivity index (χ4v) is 5.39. The number of para-hydroxylation sites is 1. The highest BCUT2D eigenvalue weighted by Gasteiger charge is 2.19. The van der Waals surface area contributed by atoms with Gasteiger partial charge in [0.25, 0.3) is 5.56 Å². The summed E-state index contributed by atoms with van der Waals surface area (Å²) in [5, 5.41) is 5.15. The maximum atomic E-state index is 13.2. The summed E-state index contributed by atoms with van der Waals surface area (Å²) in [5.41, 5.74) is 1.94. The van der Waals surface area contributed by atoms with Gasteiger partial charge in [-0.3, -0.25) is 9.59 Å². The molecule has 0 saturated carbocycles. The summed E-state index contributed by atoms with van der Waals surface area (Å²) in [4.78, 5) is 34.3. The number of thiophene rings is 1. The van der Waals surface area contributed by atoms with Gasteiger partial charge in [-0.2, -0.15) is 0 Å². The number of carbonyl (C=O) groups excluding carboxylic acids is 1. The standard InChI is InChI=1S/C22H18FN3O2S3/c1-12(19(27)24-16-5-3-4-6-17(16)29-2)31-22-25-20(28)18-15(11-30-21(18)26-22)13-7-9-14(23)10-8-13/h3-12H,1-2H3,(H,24,27)(H,25,26,28). The highest BCUT2D eigenvalue weighted by atomic mass is 32.2. The van der Waals surface area contributed by atoms with Crippen LogP contribution in [-0.4, -0.2) is 27.4 Å². The van der Waals surface area contributed by atoms with Crippen molar-refractivity contribution in [3.63, 3.8) is 0 Å². The smallest absolute Gasteiger partial charge is 0.260 e. The fraction of sp³-hybridized carbons (Fsp3) is 0.136. The first kappa shape index (κ1) is 21.6. The quantitative estimate of drug-likeness (QED) is 0.282. The second-order valence-electron chi connectivity index (χ2n) is 6.66. The summed E-state index contributed by atoms with van der Waals surface area (Å²) in [6.45, 7) is 1.77. The third-order valence-electron chi connectivity index (χ3n) is 4.60. The van der Waals surface area contributed by atoms with E-state index in [1.165, 1.54) is 35.2 Å². The summed E-state index contributed by atoms with van der Waals surface area (Å²) in [7, 11) is 0. The number of nitrogens with zero attached hydrogens (tertiary/aromatic N) is 1. The van der Waals surface area contributed by atoms with Crippen LogP contribution in [0.2, 0.25) is 0 Å². The lowest BCUT2D eigenvalue weighted by Gasteiger charge is -2.13. The molecule has 5 nitrogen and oxygen atoms in total. The molecule has 31 heavy (non-hydrogen) atoms. The molecule has 0 fully saturated rings. The number of anilines is 1. The number of hydrogen-bond donors (Lipinski definition) is 2. The largest absolute Gasteiger partial charge is 0.324 e. The second-order valence-corrected chi connectivity index (χ2v) is 9.69. The molecule has 0 aliphatic carbocycles. The highest BCUT2D eigenvalue weighted by Crippen LogP contribution is 2.32.